The molecule has 2 N–H and O–H groups in total. The summed E-state index contributed by atoms with van der Waals surface area (Å²) in [5.41, 5.74) is 6.37. The summed E-state index contributed by atoms with van der Waals surface area (Å²) in [6.45, 7) is 14.8. The number of aromatic nitrogens is 2. The molecule has 0 bridgehead atoms. The molecule has 0 spiro atoms. The van der Waals surface area contributed by atoms with Gasteiger partial charge in [0.15, 0.2) is 0 Å². The number of benzene rings is 1. The highest BCUT2D eigenvalue weighted by molar-refractivity contribution is 5.82. The molecule has 1 aromatic carbocycles. The Morgan fingerprint density at radius 1 is 1.07 bits per heavy atom. The van der Waals surface area contributed by atoms with Crippen LogP contribution in [0.5, 0.6) is 5.75 Å². The molecule has 1 aromatic heterocycles. The second-order valence-electron chi connectivity index (χ2n) is 9.31. The van der Waals surface area contributed by atoms with Gasteiger partial charge in [-0.25, -0.2) is 15.4 Å². The number of nitrogens with zero attached hydrogens (tertiary/aromatic N) is 3. The summed E-state index contributed by atoms with van der Waals surface area (Å²) in [5, 5.41) is 15.1. The molecule has 0 saturated carbocycles. The van der Waals surface area contributed by atoms with E-state index in [1.807, 2.05) is 18.2 Å². The Balaban J connectivity index is 2.28. The van der Waals surface area contributed by atoms with Crippen molar-refractivity contribution in [2.24, 2.45) is 5.10 Å². The summed E-state index contributed by atoms with van der Waals surface area (Å²) in [5.74, 6) is 0.868. The van der Waals surface area contributed by atoms with Gasteiger partial charge in [-0.3, -0.25) is 0 Å². The number of rotatable bonds is 6. The molecular weight excluding hydrogens is 348 g/mol. The minimum atomic E-state index is -0.169. The van der Waals surface area contributed by atoms with Gasteiger partial charge in [-0.2, -0.15) is 5.10 Å². The second kappa shape index (κ2) is 8.72. The Bertz CT molecular complexity index is 794. The molecule has 0 atom stereocenters. The van der Waals surface area contributed by atoms with E-state index in [2.05, 4.69) is 69.0 Å². The molecule has 1 heterocycles. The van der Waals surface area contributed by atoms with Gasteiger partial charge in [0.2, 0.25) is 5.95 Å². The Labute approximate surface area is 169 Å². The summed E-state index contributed by atoms with van der Waals surface area (Å²) in [4.78, 5) is 8.72. The SMILES string of the molecule is CCCCc1ccnc(N/N=C/c2cc(C(C)(C)C)c(O)c(C(C)(C)C)c2)n1. The number of phenolic OH excluding ortho intramolecular Hbond substituents is 1. The molecule has 0 aliphatic heterocycles. The number of aryl methyl sites for hydroxylation is 1. The van der Waals surface area contributed by atoms with Gasteiger partial charge in [-0.15, -0.1) is 0 Å². The van der Waals surface area contributed by atoms with Crippen molar-refractivity contribution in [3.63, 3.8) is 0 Å². The molecule has 0 aliphatic carbocycles. The fraction of sp³-hybridized carbons (Fsp3) is 0.522. The maximum atomic E-state index is 10.8. The number of phenols is 1. The monoisotopic (exact) mass is 382 g/mol. The Morgan fingerprint density at radius 3 is 2.21 bits per heavy atom. The molecule has 28 heavy (non-hydrogen) atoms. The zero-order valence-corrected chi connectivity index (χ0v) is 18.3. The lowest BCUT2D eigenvalue weighted by Gasteiger charge is -2.27. The van der Waals surface area contributed by atoms with E-state index >= 15 is 0 Å². The highest BCUT2D eigenvalue weighted by atomic mass is 16.3. The van der Waals surface area contributed by atoms with Gasteiger partial charge in [0, 0.05) is 23.0 Å². The van der Waals surface area contributed by atoms with Crippen LogP contribution in [0.15, 0.2) is 29.5 Å². The average Bonchev–Trinajstić information content (AvgIpc) is 2.59. The molecule has 2 rings (SSSR count). The molecule has 0 amide bonds. The van der Waals surface area contributed by atoms with Gasteiger partial charge in [0.25, 0.3) is 0 Å². The first-order valence-electron chi connectivity index (χ1n) is 10.0. The van der Waals surface area contributed by atoms with E-state index in [4.69, 9.17) is 0 Å². The number of hydrogen-bond donors (Lipinski definition) is 2. The van der Waals surface area contributed by atoms with Crippen LogP contribution in [-0.4, -0.2) is 21.3 Å². The summed E-state index contributed by atoms with van der Waals surface area (Å²) >= 11 is 0. The quantitative estimate of drug-likeness (QED) is 0.506. The lowest BCUT2D eigenvalue weighted by molar-refractivity contribution is 0.423. The lowest BCUT2D eigenvalue weighted by Crippen LogP contribution is -2.18. The van der Waals surface area contributed by atoms with Crippen molar-refractivity contribution >= 4 is 12.2 Å². The van der Waals surface area contributed by atoms with Gasteiger partial charge in [-0.1, -0.05) is 54.9 Å². The van der Waals surface area contributed by atoms with E-state index in [-0.39, 0.29) is 10.8 Å². The van der Waals surface area contributed by atoms with Crippen molar-refractivity contribution in [3.8, 4) is 5.75 Å². The van der Waals surface area contributed by atoms with E-state index in [0.717, 1.165) is 41.6 Å². The predicted molar refractivity (Wildman–Crippen MR) is 117 cm³/mol. The second-order valence-corrected chi connectivity index (χ2v) is 9.31. The third-order valence-electron chi connectivity index (χ3n) is 4.63. The number of nitrogens with one attached hydrogen (secondary N) is 1. The molecule has 0 fully saturated rings. The number of aromatic hydroxyl groups is 1. The molecule has 0 aliphatic rings. The van der Waals surface area contributed by atoms with Gasteiger partial charge < -0.3 is 5.11 Å². The van der Waals surface area contributed by atoms with Crippen molar-refractivity contribution in [1.82, 2.24) is 9.97 Å². The lowest BCUT2D eigenvalue weighted by atomic mass is 9.78. The summed E-state index contributed by atoms with van der Waals surface area (Å²) in [6, 6.07) is 5.93. The maximum absolute atomic E-state index is 10.8. The van der Waals surface area contributed by atoms with Crippen molar-refractivity contribution in [1.29, 1.82) is 0 Å². The van der Waals surface area contributed by atoms with E-state index in [0.29, 0.717) is 11.7 Å². The standard InChI is InChI=1S/C23H34N4O/c1-8-9-10-17-11-12-24-21(26-17)27-25-15-16-13-18(22(2,3)4)20(28)19(14-16)23(5,6)7/h11-15,28H,8-10H2,1-7H3,(H,24,26,27)/b25-15+. The van der Waals surface area contributed by atoms with Crippen LogP contribution in [0.1, 0.15) is 83.7 Å². The normalized spacial score (nSPS) is 12.5. The fourth-order valence-electron chi connectivity index (χ4n) is 2.99. The van der Waals surface area contributed by atoms with Crippen LogP contribution in [0.25, 0.3) is 0 Å². The summed E-state index contributed by atoms with van der Waals surface area (Å²) in [6.07, 6.45) is 6.70. The fourth-order valence-corrected chi connectivity index (χ4v) is 2.99. The molecule has 0 saturated heterocycles. The minimum Gasteiger partial charge on any atom is -0.507 e. The Morgan fingerprint density at radius 2 is 1.68 bits per heavy atom. The third kappa shape index (κ3) is 5.78. The average molecular weight is 383 g/mol. The van der Waals surface area contributed by atoms with Crippen molar-refractivity contribution in [2.75, 3.05) is 5.43 Å². The molecule has 0 unspecified atom stereocenters. The number of hydrazone groups is 1. The van der Waals surface area contributed by atoms with Gasteiger partial charge in [0.05, 0.1) is 6.21 Å². The number of hydrogen-bond acceptors (Lipinski definition) is 5. The van der Waals surface area contributed by atoms with Gasteiger partial charge >= 0.3 is 0 Å². The minimum absolute atomic E-state index is 0.169. The highest BCUT2D eigenvalue weighted by Crippen LogP contribution is 2.39. The van der Waals surface area contributed by atoms with Crippen LogP contribution >= 0.6 is 0 Å². The largest absolute Gasteiger partial charge is 0.507 e. The highest BCUT2D eigenvalue weighted by Gasteiger charge is 2.26. The van der Waals surface area contributed by atoms with Crippen LogP contribution in [0.4, 0.5) is 5.95 Å². The summed E-state index contributed by atoms with van der Waals surface area (Å²) in [7, 11) is 0. The van der Waals surface area contributed by atoms with Crippen molar-refractivity contribution in [2.45, 2.75) is 78.6 Å². The van der Waals surface area contributed by atoms with Crippen molar-refractivity contribution in [3.05, 3.63) is 46.8 Å². The molecule has 0 radical (unpaired) electrons. The van der Waals surface area contributed by atoms with Crippen LogP contribution in [0.2, 0.25) is 0 Å². The molecule has 5 heteroatoms. The van der Waals surface area contributed by atoms with Gasteiger partial charge in [-0.05, 0) is 47.4 Å². The van der Waals surface area contributed by atoms with Crippen molar-refractivity contribution < 1.29 is 5.11 Å². The number of anilines is 1. The van der Waals surface area contributed by atoms with E-state index in [1.54, 1.807) is 12.4 Å². The Kier molecular flexibility index (Phi) is 6.81. The van der Waals surface area contributed by atoms with Crippen LogP contribution in [-0.2, 0) is 17.3 Å². The zero-order chi connectivity index (χ0) is 20.9. The first-order chi connectivity index (χ1) is 13.0. The van der Waals surface area contributed by atoms with E-state index < -0.39 is 0 Å². The Hall–Kier alpha value is -2.43. The topological polar surface area (TPSA) is 70.4 Å². The molecular formula is C23H34N4O. The predicted octanol–water partition coefficient (Wildman–Crippen LogP) is 5.57. The molecule has 5 nitrogen and oxygen atoms in total. The van der Waals surface area contributed by atoms with E-state index in [9.17, 15) is 5.11 Å². The smallest absolute Gasteiger partial charge is 0.243 e. The van der Waals surface area contributed by atoms with Crippen LogP contribution < -0.4 is 5.43 Å². The first-order valence-corrected chi connectivity index (χ1v) is 10.0. The molecule has 152 valence electrons. The zero-order valence-electron chi connectivity index (χ0n) is 18.3. The number of unbranched alkanes of at least 4 members (excludes halogenated alkanes) is 1. The maximum Gasteiger partial charge on any atom is 0.243 e. The summed E-state index contributed by atoms with van der Waals surface area (Å²) < 4.78 is 0. The van der Waals surface area contributed by atoms with Crippen LogP contribution in [0, 0.1) is 0 Å². The molecule has 2 aromatic rings. The third-order valence-corrected chi connectivity index (χ3v) is 4.63. The van der Waals surface area contributed by atoms with E-state index in [1.165, 1.54) is 0 Å². The van der Waals surface area contributed by atoms with Gasteiger partial charge in [0.1, 0.15) is 5.75 Å². The van der Waals surface area contributed by atoms with Crippen LogP contribution in [0.3, 0.4) is 0 Å². The first kappa shape index (κ1) is 21.9.